The second-order valence-electron chi connectivity index (χ2n) is 8.75. The second-order valence-corrected chi connectivity index (χ2v) is 9.48. The highest BCUT2D eigenvalue weighted by atomic mass is 35.5. The number of carbonyl (C=O) groups excluding carboxylic acids is 1. The Balaban J connectivity index is 2.19. The molecule has 3 rings (SSSR count). The van der Waals surface area contributed by atoms with Crippen molar-refractivity contribution in [2.45, 2.75) is 30.7 Å². The number of benzene rings is 1. The third-order valence-electron chi connectivity index (χ3n) is 6.09. The van der Waals surface area contributed by atoms with Gasteiger partial charge in [-0.1, -0.05) is 43.3 Å². The lowest BCUT2D eigenvalue weighted by atomic mass is 9.86. The molecule has 0 aromatic heterocycles. The van der Waals surface area contributed by atoms with Gasteiger partial charge in [-0.3, -0.25) is 9.28 Å². The molecule has 1 aliphatic carbocycles. The van der Waals surface area contributed by atoms with E-state index in [-0.39, 0.29) is 22.9 Å². The van der Waals surface area contributed by atoms with Crippen LogP contribution >= 0.6 is 11.6 Å². The van der Waals surface area contributed by atoms with E-state index < -0.39 is 10.9 Å². The van der Waals surface area contributed by atoms with E-state index in [2.05, 4.69) is 42.2 Å². The van der Waals surface area contributed by atoms with E-state index in [1.807, 2.05) is 32.3 Å². The Morgan fingerprint density at radius 3 is 2.66 bits per heavy atom. The van der Waals surface area contributed by atoms with Gasteiger partial charge in [0.25, 0.3) is 5.91 Å². The molecule has 2 aliphatic rings. The molecule has 2 N–H and O–H groups in total. The van der Waals surface area contributed by atoms with Crippen LogP contribution in [0.4, 0.5) is 0 Å². The summed E-state index contributed by atoms with van der Waals surface area (Å²) in [6.45, 7) is 3.61. The van der Waals surface area contributed by atoms with Gasteiger partial charge in [0.05, 0.1) is 6.54 Å². The molecule has 2 unspecified atom stereocenters. The maximum atomic E-state index is 12.5. The van der Waals surface area contributed by atoms with Crippen LogP contribution in [-0.2, 0) is 4.79 Å². The summed E-state index contributed by atoms with van der Waals surface area (Å²) in [4.78, 5) is 13.8. The summed E-state index contributed by atoms with van der Waals surface area (Å²) in [5.41, 5.74) is 8.96. The number of nitriles is 1. The van der Waals surface area contributed by atoms with Gasteiger partial charge in [0.15, 0.2) is 12.6 Å². The highest BCUT2D eigenvalue weighted by Crippen LogP contribution is 2.47. The summed E-state index contributed by atoms with van der Waals surface area (Å²) < 4.78 is 0.245. The summed E-state index contributed by atoms with van der Waals surface area (Å²) >= 11 is 7.28. The Bertz CT molecular complexity index is 873. The second kappa shape index (κ2) is 8.31. The zero-order valence-electron chi connectivity index (χ0n) is 17.4. The Kier molecular flexibility index (Phi) is 6.19. The summed E-state index contributed by atoms with van der Waals surface area (Å²) in [6, 6.07) is 12.0. The minimum absolute atomic E-state index is 0.188. The number of nitrogens with two attached hydrogens (primary N) is 1. The number of hydrogen-bond donors (Lipinski definition) is 1. The van der Waals surface area contributed by atoms with Crippen molar-refractivity contribution in [2.24, 2.45) is 11.7 Å². The van der Waals surface area contributed by atoms with Gasteiger partial charge >= 0.3 is 0 Å². The number of likely N-dealkylation sites (tertiary alicyclic amines) is 1. The number of allylic oxidation sites excluding steroid dienone is 3. The number of alkyl halides is 1. The molecule has 0 spiro atoms. The standard InChI is InChI=1S/C23H29ClN4O/c1-17-13-20(22(26)29)28(15-17,12-11-25)21-14-19(18-7-5-4-6-8-18)9-10-23(21,24)16-27(2)3/h4-9,14,17,20H,10,12-13,15-16H2,1-3H3,(H-,26,29)/p+1/t17-,20-,23?,28?/m0/s1. The maximum absolute atomic E-state index is 12.5. The van der Waals surface area contributed by atoms with Gasteiger partial charge in [-0.15, -0.1) is 11.6 Å². The molecular weight excluding hydrogens is 384 g/mol. The van der Waals surface area contributed by atoms with Gasteiger partial charge in [0, 0.05) is 25.0 Å². The zero-order valence-corrected chi connectivity index (χ0v) is 18.2. The minimum atomic E-state index is -0.698. The normalized spacial score (nSPS) is 31.9. The van der Waals surface area contributed by atoms with E-state index in [9.17, 15) is 10.1 Å². The first-order valence-corrected chi connectivity index (χ1v) is 10.4. The third kappa shape index (κ3) is 4.11. The van der Waals surface area contributed by atoms with Crippen molar-refractivity contribution >= 4 is 23.1 Å². The number of primary amides is 1. The minimum Gasteiger partial charge on any atom is -0.364 e. The van der Waals surface area contributed by atoms with Gasteiger partial charge < -0.3 is 10.6 Å². The molecule has 29 heavy (non-hydrogen) atoms. The molecule has 6 heteroatoms. The molecule has 0 saturated carbocycles. The molecule has 1 heterocycles. The fourth-order valence-corrected chi connectivity index (χ4v) is 5.61. The monoisotopic (exact) mass is 413 g/mol. The number of amides is 1. The molecule has 154 valence electrons. The van der Waals surface area contributed by atoms with Crippen molar-refractivity contribution in [2.75, 3.05) is 33.7 Å². The van der Waals surface area contributed by atoms with Gasteiger partial charge in [-0.05, 0) is 31.7 Å². The first-order valence-electron chi connectivity index (χ1n) is 10.1. The van der Waals surface area contributed by atoms with Crippen LogP contribution in [0.25, 0.3) is 5.57 Å². The number of halogens is 1. The lowest BCUT2D eigenvalue weighted by Crippen LogP contribution is -2.61. The Morgan fingerprint density at radius 1 is 1.38 bits per heavy atom. The van der Waals surface area contributed by atoms with E-state index in [0.717, 1.165) is 16.8 Å². The Hall–Kier alpha value is -2.13. The first kappa shape index (κ1) is 21.6. The number of carbonyl (C=O) groups is 1. The number of hydrogen-bond acceptors (Lipinski definition) is 3. The smallest absolute Gasteiger partial charge is 0.276 e. The zero-order chi connectivity index (χ0) is 21.2. The van der Waals surface area contributed by atoms with Crippen molar-refractivity contribution in [1.29, 1.82) is 5.26 Å². The van der Waals surface area contributed by atoms with E-state index in [0.29, 0.717) is 25.9 Å². The molecule has 1 aromatic carbocycles. The van der Waals surface area contributed by atoms with Crippen molar-refractivity contribution in [3.05, 3.63) is 53.7 Å². The highest BCUT2D eigenvalue weighted by molar-refractivity contribution is 6.26. The summed E-state index contributed by atoms with van der Waals surface area (Å²) in [5, 5.41) is 9.73. The van der Waals surface area contributed by atoms with Crippen LogP contribution in [0.2, 0.25) is 0 Å². The van der Waals surface area contributed by atoms with E-state index >= 15 is 0 Å². The molecule has 1 amide bonds. The topological polar surface area (TPSA) is 70.1 Å². The molecule has 1 aromatic rings. The van der Waals surface area contributed by atoms with E-state index in [1.165, 1.54) is 0 Å². The van der Waals surface area contributed by atoms with Crippen LogP contribution in [0.1, 0.15) is 25.3 Å². The molecule has 1 saturated heterocycles. The van der Waals surface area contributed by atoms with Crippen molar-refractivity contribution < 1.29 is 9.28 Å². The van der Waals surface area contributed by atoms with Crippen LogP contribution in [0, 0.1) is 17.2 Å². The van der Waals surface area contributed by atoms with E-state index in [1.54, 1.807) is 0 Å². The largest absolute Gasteiger partial charge is 0.364 e. The van der Waals surface area contributed by atoms with Gasteiger partial charge in [0.1, 0.15) is 16.6 Å². The average molecular weight is 414 g/mol. The Morgan fingerprint density at radius 2 is 2.07 bits per heavy atom. The van der Waals surface area contributed by atoms with Crippen LogP contribution in [0.5, 0.6) is 0 Å². The predicted molar refractivity (Wildman–Crippen MR) is 117 cm³/mol. The Labute approximate surface area is 178 Å². The number of quaternary nitrogens is 1. The highest BCUT2D eigenvalue weighted by Gasteiger charge is 2.57. The molecular formula is C23H30ClN4O+. The molecule has 1 fully saturated rings. The quantitative estimate of drug-likeness (QED) is 0.442. The molecule has 4 atom stereocenters. The molecule has 0 radical (unpaired) electrons. The van der Waals surface area contributed by atoms with Crippen molar-refractivity contribution in [1.82, 2.24) is 4.90 Å². The lowest BCUT2D eigenvalue weighted by Gasteiger charge is -2.46. The molecule has 0 bridgehead atoms. The van der Waals surface area contributed by atoms with Gasteiger partial charge in [-0.2, -0.15) is 5.26 Å². The van der Waals surface area contributed by atoms with Crippen LogP contribution in [-0.4, -0.2) is 59.9 Å². The van der Waals surface area contributed by atoms with Crippen molar-refractivity contribution in [3.8, 4) is 6.07 Å². The van der Waals surface area contributed by atoms with Crippen molar-refractivity contribution in [3.63, 3.8) is 0 Å². The van der Waals surface area contributed by atoms with Gasteiger partial charge in [-0.25, -0.2) is 0 Å². The molecule has 5 nitrogen and oxygen atoms in total. The summed E-state index contributed by atoms with van der Waals surface area (Å²) in [6.07, 6.45) is 5.58. The van der Waals surface area contributed by atoms with E-state index in [4.69, 9.17) is 17.3 Å². The van der Waals surface area contributed by atoms with Crippen LogP contribution in [0.15, 0.2) is 48.2 Å². The number of nitrogens with zero attached hydrogens (tertiary/aromatic N) is 3. The lowest BCUT2D eigenvalue weighted by molar-refractivity contribution is -0.892. The fourth-order valence-electron chi connectivity index (χ4n) is 5.07. The van der Waals surface area contributed by atoms with Crippen LogP contribution in [0.3, 0.4) is 0 Å². The fraction of sp³-hybridized carbons (Fsp3) is 0.478. The van der Waals surface area contributed by atoms with Gasteiger partial charge in [0.2, 0.25) is 0 Å². The average Bonchev–Trinajstić information content (AvgIpc) is 2.99. The third-order valence-corrected chi connectivity index (χ3v) is 6.56. The number of rotatable bonds is 6. The predicted octanol–water partition coefficient (Wildman–Crippen LogP) is 3.13. The van der Waals surface area contributed by atoms with Crippen LogP contribution < -0.4 is 5.73 Å². The SMILES string of the molecule is C[C@H]1C[C@@H](C(N)=O)[N+](CC#N)(C2=CC(c3ccccc3)=CCC2(Cl)CN(C)C)C1. The maximum Gasteiger partial charge on any atom is 0.276 e. The summed E-state index contributed by atoms with van der Waals surface area (Å²) in [7, 11) is 3.98. The first-order chi connectivity index (χ1) is 13.7. The molecule has 1 aliphatic heterocycles. The summed E-state index contributed by atoms with van der Waals surface area (Å²) in [5.74, 6) is -0.0710.